The summed E-state index contributed by atoms with van der Waals surface area (Å²) in [5, 5.41) is 10.4. The van der Waals surface area contributed by atoms with Crippen molar-refractivity contribution in [3.8, 4) is 5.75 Å². The summed E-state index contributed by atoms with van der Waals surface area (Å²) in [6.07, 6.45) is 1.12. The maximum absolute atomic E-state index is 11.9. The van der Waals surface area contributed by atoms with E-state index in [-0.39, 0.29) is 11.9 Å². The van der Waals surface area contributed by atoms with Crippen LogP contribution < -0.4 is 15.4 Å². The second kappa shape index (κ2) is 7.27. The van der Waals surface area contributed by atoms with Crippen LogP contribution in [0.25, 0.3) is 0 Å². The molecule has 0 bridgehead atoms. The summed E-state index contributed by atoms with van der Waals surface area (Å²) in [6, 6.07) is 6.10. The molecular formula is C19H25N3O3. The molecule has 2 atom stereocenters. The molecule has 6 heteroatoms. The highest BCUT2D eigenvalue weighted by Crippen LogP contribution is 2.33. The van der Waals surface area contributed by atoms with Crippen molar-refractivity contribution in [1.82, 2.24) is 10.5 Å². The summed E-state index contributed by atoms with van der Waals surface area (Å²) >= 11 is 0. The number of hydrogen-bond donors (Lipinski definition) is 2. The van der Waals surface area contributed by atoms with Gasteiger partial charge >= 0.3 is 0 Å². The van der Waals surface area contributed by atoms with E-state index in [1.807, 2.05) is 39.0 Å². The van der Waals surface area contributed by atoms with E-state index >= 15 is 0 Å². The summed E-state index contributed by atoms with van der Waals surface area (Å²) in [5.74, 6) is 1.55. The van der Waals surface area contributed by atoms with Crippen molar-refractivity contribution in [2.75, 3.05) is 11.9 Å². The van der Waals surface area contributed by atoms with E-state index in [1.165, 1.54) is 5.56 Å². The number of aryl methyl sites for hydroxylation is 2. The summed E-state index contributed by atoms with van der Waals surface area (Å²) in [5.41, 5.74) is 3.99. The number of carbonyl (C=O) groups excluding carboxylic acids is 1. The predicted octanol–water partition coefficient (Wildman–Crippen LogP) is 3.29. The summed E-state index contributed by atoms with van der Waals surface area (Å²) < 4.78 is 11.0. The Morgan fingerprint density at radius 3 is 2.84 bits per heavy atom. The number of nitrogens with one attached hydrogen (secondary N) is 2. The maximum Gasteiger partial charge on any atom is 0.265 e. The summed E-state index contributed by atoms with van der Waals surface area (Å²) in [6.45, 7) is 8.80. The average molecular weight is 343 g/mol. The van der Waals surface area contributed by atoms with Gasteiger partial charge in [0.15, 0.2) is 6.10 Å². The van der Waals surface area contributed by atoms with Gasteiger partial charge in [-0.3, -0.25) is 4.79 Å². The Balaban J connectivity index is 1.63. The molecule has 2 aromatic rings. The molecule has 1 aromatic carbocycles. The van der Waals surface area contributed by atoms with Crippen LogP contribution in [-0.2, 0) is 11.2 Å². The Morgan fingerprint density at radius 1 is 1.36 bits per heavy atom. The van der Waals surface area contributed by atoms with Gasteiger partial charge in [-0.25, -0.2) is 0 Å². The lowest BCUT2D eigenvalue weighted by Crippen LogP contribution is -2.36. The lowest BCUT2D eigenvalue weighted by Gasteiger charge is -2.26. The monoisotopic (exact) mass is 343 g/mol. The zero-order valence-corrected chi connectivity index (χ0v) is 15.2. The molecule has 134 valence electrons. The second-order valence-corrected chi connectivity index (χ2v) is 6.49. The third kappa shape index (κ3) is 3.69. The number of fused-ring (bicyclic) bond motifs is 1. The molecule has 3 rings (SSSR count). The number of amides is 1. The molecule has 0 fully saturated rings. The zero-order valence-electron chi connectivity index (χ0n) is 15.2. The number of nitrogens with zero attached hydrogens (tertiary/aromatic N) is 1. The van der Waals surface area contributed by atoms with Gasteiger partial charge in [0.2, 0.25) is 0 Å². The molecule has 1 aliphatic heterocycles. The SMILES string of the molecule is CC[C@H]1Oc2cc([C@H](C)NCCc3c(C)noc3C)ccc2NC1=O. The first-order valence-electron chi connectivity index (χ1n) is 8.76. The van der Waals surface area contributed by atoms with E-state index in [0.717, 1.165) is 41.4 Å². The van der Waals surface area contributed by atoms with Crippen molar-refractivity contribution in [3.63, 3.8) is 0 Å². The predicted molar refractivity (Wildman–Crippen MR) is 95.9 cm³/mol. The number of carbonyl (C=O) groups is 1. The van der Waals surface area contributed by atoms with Crippen LogP contribution in [-0.4, -0.2) is 23.7 Å². The van der Waals surface area contributed by atoms with Gasteiger partial charge in [-0.1, -0.05) is 18.1 Å². The number of benzene rings is 1. The van der Waals surface area contributed by atoms with E-state index in [1.54, 1.807) is 0 Å². The largest absolute Gasteiger partial charge is 0.478 e. The van der Waals surface area contributed by atoms with Crippen molar-refractivity contribution in [3.05, 3.63) is 40.8 Å². The Labute approximate surface area is 147 Å². The van der Waals surface area contributed by atoms with E-state index < -0.39 is 6.10 Å². The Kier molecular flexibility index (Phi) is 5.08. The molecule has 0 saturated heterocycles. The second-order valence-electron chi connectivity index (χ2n) is 6.49. The van der Waals surface area contributed by atoms with Gasteiger partial charge < -0.3 is 19.9 Å². The Morgan fingerprint density at radius 2 is 2.16 bits per heavy atom. The average Bonchev–Trinajstić information content (AvgIpc) is 2.92. The van der Waals surface area contributed by atoms with Crippen molar-refractivity contribution < 1.29 is 14.1 Å². The van der Waals surface area contributed by atoms with Crippen LogP contribution in [0.1, 0.15) is 48.9 Å². The van der Waals surface area contributed by atoms with E-state index in [2.05, 4.69) is 22.7 Å². The number of hydrogen-bond acceptors (Lipinski definition) is 5. The smallest absolute Gasteiger partial charge is 0.265 e. The number of ether oxygens (including phenoxy) is 1. The van der Waals surface area contributed by atoms with Crippen LogP contribution in [0.5, 0.6) is 5.75 Å². The molecule has 1 amide bonds. The van der Waals surface area contributed by atoms with Crippen LogP contribution in [0.2, 0.25) is 0 Å². The fourth-order valence-corrected chi connectivity index (χ4v) is 3.09. The highest BCUT2D eigenvalue weighted by molar-refractivity contribution is 5.97. The first-order valence-corrected chi connectivity index (χ1v) is 8.76. The van der Waals surface area contributed by atoms with Crippen LogP contribution in [0.3, 0.4) is 0 Å². The minimum atomic E-state index is -0.412. The summed E-state index contributed by atoms with van der Waals surface area (Å²) in [4.78, 5) is 11.9. The van der Waals surface area contributed by atoms with Crippen molar-refractivity contribution in [1.29, 1.82) is 0 Å². The highest BCUT2D eigenvalue weighted by Gasteiger charge is 2.26. The van der Waals surface area contributed by atoms with Gasteiger partial charge in [-0.05, 0) is 57.9 Å². The molecule has 6 nitrogen and oxygen atoms in total. The van der Waals surface area contributed by atoms with Gasteiger partial charge in [-0.2, -0.15) is 0 Å². The normalized spacial score (nSPS) is 17.6. The fourth-order valence-electron chi connectivity index (χ4n) is 3.09. The number of aromatic nitrogens is 1. The quantitative estimate of drug-likeness (QED) is 0.842. The molecule has 0 spiro atoms. The molecule has 0 radical (unpaired) electrons. The van der Waals surface area contributed by atoms with Crippen molar-refractivity contribution in [2.24, 2.45) is 0 Å². The topological polar surface area (TPSA) is 76.4 Å². The summed E-state index contributed by atoms with van der Waals surface area (Å²) in [7, 11) is 0. The molecule has 1 aromatic heterocycles. The van der Waals surface area contributed by atoms with Gasteiger partial charge in [0, 0.05) is 11.6 Å². The van der Waals surface area contributed by atoms with Gasteiger partial charge in [0.25, 0.3) is 5.91 Å². The lowest BCUT2D eigenvalue weighted by molar-refractivity contribution is -0.123. The molecule has 1 aliphatic rings. The Hall–Kier alpha value is -2.34. The third-order valence-electron chi connectivity index (χ3n) is 4.70. The first-order chi connectivity index (χ1) is 12.0. The fraction of sp³-hybridized carbons (Fsp3) is 0.474. The zero-order chi connectivity index (χ0) is 18.0. The Bertz CT molecular complexity index is 750. The third-order valence-corrected chi connectivity index (χ3v) is 4.70. The molecular weight excluding hydrogens is 318 g/mol. The number of rotatable bonds is 6. The highest BCUT2D eigenvalue weighted by atomic mass is 16.5. The van der Waals surface area contributed by atoms with Gasteiger partial charge in [-0.15, -0.1) is 0 Å². The van der Waals surface area contributed by atoms with Gasteiger partial charge in [0.05, 0.1) is 11.4 Å². The van der Waals surface area contributed by atoms with Crippen molar-refractivity contribution >= 4 is 11.6 Å². The van der Waals surface area contributed by atoms with E-state index in [9.17, 15) is 4.79 Å². The van der Waals surface area contributed by atoms with Crippen LogP contribution >= 0.6 is 0 Å². The standard InChI is InChI=1S/C19H25N3O3/c1-5-17-19(23)21-16-7-6-14(10-18(16)24-17)11(2)20-9-8-15-12(3)22-25-13(15)4/h6-7,10-11,17,20H,5,8-9H2,1-4H3,(H,21,23)/t11-,17+/m0/s1. The van der Waals surface area contributed by atoms with Crippen LogP contribution in [0.4, 0.5) is 5.69 Å². The first kappa shape index (κ1) is 17.5. The van der Waals surface area contributed by atoms with E-state index in [4.69, 9.17) is 9.26 Å². The minimum Gasteiger partial charge on any atom is -0.478 e. The van der Waals surface area contributed by atoms with E-state index in [0.29, 0.717) is 6.42 Å². The van der Waals surface area contributed by atoms with Crippen molar-refractivity contribution in [2.45, 2.75) is 52.7 Å². The van der Waals surface area contributed by atoms with Crippen LogP contribution in [0, 0.1) is 13.8 Å². The molecule has 0 aliphatic carbocycles. The molecule has 2 heterocycles. The molecule has 2 N–H and O–H groups in total. The molecule has 25 heavy (non-hydrogen) atoms. The van der Waals surface area contributed by atoms with Crippen LogP contribution in [0.15, 0.2) is 22.7 Å². The molecule has 0 saturated carbocycles. The maximum atomic E-state index is 11.9. The van der Waals surface area contributed by atoms with Gasteiger partial charge in [0.1, 0.15) is 11.5 Å². The minimum absolute atomic E-state index is 0.0756. The molecule has 0 unspecified atom stereocenters. The number of anilines is 1. The lowest BCUT2D eigenvalue weighted by atomic mass is 10.0.